The van der Waals surface area contributed by atoms with Gasteiger partial charge in [0.05, 0.1) is 6.61 Å². The molecule has 2 unspecified atom stereocenters. The monoisotopic (exact) mass is 290 g/mol. The third-order valence-corrected chi connectivity index (χ3v) is 6.56. The first kappa shape index (κ1) is 16.8. The molecule has 0 saturated heterocycles. The summed E-state index contributed by atoms with van der Waals surface area (Å²) < 4.78 is 0. The van der Waals surface area contributed by atoms with E-state index >= 15 is 0 Å². The molecule has 21 heavy (non-hydrogen) atoms. The lowest BCUT2D eigenvalue weighted by Crippen LogP contribution is -2.48. The first-order chi connectivity index (χ1) is 9.81. The number of hydrogen-bond acceptors (Lipinski definition) is 1. The van der Waals surface area contributed by atoms with Crippen LogP contribution < -0.4 is 0 Å². The van der Waals surface area contributed by atoms with E-state index in [0.29, 0.717) is 10.8 Å². The van der Waals surface area contributed by atoms with Gasteiger partial charge >= 0.3 is 0 Å². The molecule has 1 saturated carbocycles. The molecule has 2 aliphatic carbocycles. The summed E-state index contributed by atoms with van der Waals surface area (Å²) in [4.78, 5) is 0. The van der Waals surface area contributed by atoms with Crippen LogP contribution in [0.3, 0.4) is 0 Å². The van der Waals surface area contributed by atoms with E-state index in [1.807, 2.05) is 6.08 Å². The molecule has 0 aromatic carbocycles. The van der Waals surface area contributed by atoms with Crippen LogP contribution in [0.25, 0.3) is 0 Å². The van der Waals surface area contributed by atoms with Crippen molar-refractivity contribution in [3.63, 3.8) is 0 Å². The fraction of sp³-hybridized carbons (Fsp3) is 0.800. The van der Waals surface area contributed by atoms with Gasteiger partial charge in [-0.1, -0.05) is 50.5 Å². The molecule has 2 rings (SSSR count). The Morgan fingerprint density at radius 3 is 2.71 bits per heavy atom. The van der Waals surface area contributed by atoms with Crippen LogP contribution in [-0.4, -0.2) is 11.7 Å². The van der Waals surface area contributed by atoms with E-state index < -0.39 is 0 Å². The Morgan fingerprint density at radius 2 is 2.05 bits per heavy atom. The number of aliphatic hydroxyl groups is 1. The van der Waals surface area contributed by atoms with Crippen LogP contribution >= 0.6 is 0 Å². The Bertz CT molecular complexity index is 429. The minimum Gasteiger partial charge on any atom is -0.392 e. The number of fused-ring (bicyclic) bond motifs is 1. The third-order valence-electron chi connectivity index (χ3n) is 6.56. The highest BCUT2D eigenvalue weighted by atomic mass is 16.2. The summed E-state index contributed by atoms with van der Waals surface area (Å²) >= 11 is 0. The van der Waals surface area contributed by atoms with Crippen LogP contribution in [0.2, 0.25) is 0 Å². The Morgan fingerprint density at radius 1 is 1.33 bits per heavy atom. The van der Waals surface area contributed by atoms with E-state index in [1.165, 1.54) is 37.7 Å². The second kappa shape index (κ2) is 6.28. The van der Waals surface area contributed by atoms with E-state index in [4.69, 9.17) is 5.11 Å². The Balaban J connectivity index is 2.20. The van der Waals surface area contributed by atoms with Crippen molar-refractivity contribution >= 4 is 0 Å². The third kappa shape index (κ3) is 3.28. The average molecular weight is 290 g/mol. The van der Waals surface area contributed by atoms with Crippen molar-refractivity contribution in [2.45, 2.75) is 73.1 Å². The van der Waals surface area contributed by atoms with E-state index in [-0.39, 0.29) is 6.61 Å². The summed E-state index contributed by atoms with van der Waals surface area (Å²) in [7, 11) is 0. The molecule has 2 aliphatic rings. The lowest BCUT2D eigenvalue weighted by molar-refractivity contribution is -0.0390. The maximum atomic E-state index is 9.04. The fourth-order valence-electron chi connectivity index (χ4n) is 5.32. The summed E-state index contributed by atoms with van der Waals surface area (Å²) in [5, 5.41) is 9.04. The first-order valence-electron chi connectivity index (χ1n) is 8.74. The fourth-order valence-corrected chi connectivity index (χ4v) is 5.32. The van der Waals surface area contributed by atoms with Gasteiger partial charge in [0.15, 0.2) is 0 Å². The normalized spacial score (nSPS) is 36.1. The number of aliphatic hydroxyl groups excluding tert-OH is 1. The zero-order valence-electron chi connectivity index (χ0n) is 14.7. The second-order valence-corrected chi connectivity index (χ2v) is 8.41. The van der Waals surface area contributed by atoms with E-state index in [1.54, 1.807) is 5.57 Å². The summed E-state index contributed by atoms with van der Waals surface area (Å²) in [5.41, 5.74) is 3.91. The first-order valence-corrected chi connectivity index (χ1v) is 8.74. The van der Waals surface area contributed by atoms with Crippen LogP contribution in [0.15, 0.2) is 23.3 Å². The highest BCUT2D eigenvalue weighted by Crippen LogP contribution is 2.60. The largest absolute Gasteiger partial charge is 0.392 e. The highest BCUT2D eigenvalue weighted by molar-refractivity contribution is 5.18. The molecule has 0 radical (unpaired) electrons. The van der Waals surface area contributed by atoms with Crippen molar-refractivity contribution in [3.8, 4) is 0 Å². The molecule has 0 heterocycles. The van der Waals surface area contributed by atoms with E-state index in [9.17, 15) is 0 Å². The van der Waals surface area contributed by atoms with Gasteiger partial charge in [-0.3, -0.25) is 0 Å². The lowest BCUT2D eigenvalue weighted by atomic mass is 9.48. The highest BCUT2D eigenvalue weighted by Gasteiger charge is 2.51. The molecule has 0 bridgehead atoms. The molecule has 3 atom stereocenters. The van der Waals surface area contributed by atoms with Crippen LogP contribution in [0.5, 0.6) is 0 Å². The van der Waals surface area contributed by atoms with Gasteiger partial charge in [-0.25, -0.2) is 0 Å². The smallest absolute Gasteiger partial charge is 0.0614 e. The van der Waals surface area contributed by atoms with Gasteiger partial charge in [0.1, 0.15) is 0 Å². The molecule has 0 spiro atoms. The van der Waals surface area contributed by atoms with Gasteiger partial charge in [0, 0.05) is 0 Å². The lowest BCUT2D eigenvalue weighted by Gasteiger charge is -2.57. The van der Waals surface area contributed by atoms with Crippen LogP contribution in [0.1, 0.15) is 73.1 Å². The molecule has 0 aromatic rings. The van der Waals surface area contributed by atoms with Gasteiger partial charge < -0.3 is 5.11 Å². The van der Waals surface area contributed by atoms with Gasteiger partial charge in [-0.05, 0) is 68.6 Å². The minimum absolute atomic E-state index is 0.179. The second-order valence-electron chi connectivity index (χ2n) is 8.41. The van der Waals surface area contributed by atoms with Crippen molar-refractivity contribution in [1.82, 2.24) is 0 Å². The van der Waals surface area contributed by atoms with Gasteiger partial charge in [0.2, 0.25) is 0 Å². The van der Waals surface area contributed by atoms with Crippen LogP contribution in [-0.2, 0) is 0 Å². The molecule has 1 nitrogen and oxygen atoms in total. The molecule has 0 amide bonds. The van der Waals surface area contributed by atoms with Gasteiger partial charge in [0.25, 0.3) is 0 Å². The summed E-state index contributed by atoms with van der Waals surface area (Å²) in [6, 6.07) is 0. The van der Waals surface area contributed by atoms with Gasteiger partial charge in [-0.15, -0.1) is 0 Å². The van der Waals surface area contributed by atoms with Gasteiger partial charge in [-0.2, -0.15) is 0 Å². The SMILES string of the molecule is CC1=CCC2C(C)(C)CCC[C@]2(C)C1CC/C(C)=C/CO. The molecular weight excluding hydrogens is 256 g/mol. The Labute approximate surface area is 131 Å². The average Bonchev–Trinajstić information content (AvgIpc) is 2.37. The topological polar surface area (TPSA) is 20.2 Å². The van der Waals surface area contributed by atoms with Crippen molar-refractivity contribution in [2.75, 3.05) is 6.61 Å². The number of allylic oxidation sites excluding steroid dienone is 3. The maximum absolute atomic E-state index is 9.04. The number of rotatable bonds is 4. The van der Waals surface area contributed by atoms with E-state index in [2.05, 4.69) is 40.7 Å². The van der Waals surface area contributed by atoms with E-state index in [0.717, 1.165) is 18.3 Å². The molecule has 120 valence electrons. The Kier molecular flexibility index (Phi) is 5.03. The molecule has 1 N–H and O–H groups in total. The zero-order chi connectivity index (χ0) is 15.7. The maximum Gasteiger partial charge on any atom is 0.0614 e. The van der Waals surface area contributed by atoms with Crippen molar-refractivity contribution in [3.05, 3.63) is 23.3 Å². The Hall–Kier alpha value is -0.560. The number of hydrogen-bond donors (Lipinski definition) is 1. The summed E-state index contributed by atoms with van der Waals surface area (Å²) in [6.07, 6.45) is 12.3. The zero-order valence-corrected chi connectivity index (χ0v) is 14.7. The summed E-state index contributed by atoms with van der Waals surface area (Å²) in [6.45, 7) is 12.2. The predicted octanol–water partition coefficient (Wildman–Crippen LogP) is 5.50. The van der Waals surface area contributed by atoms with Crippen LogP contribution in [0.4, 0.5) is 0 Å². The molecule has 0 aliphatic heterocycles. The van der Waals surface area contributed by atoms with Crippen molar-refractivity contribution in [2.24, 2.45) is 22.7 Å². The minimum atomic E-state index is 0.179. The molecule has 0 aromatic heterocycles. The molecule has 1 fully saturated rings. The van der Waals surface area contributed by atoms with Crippen molar-refractivity contribution in [1.29, 1.82) is 0 Å². The standard InChI is InChI=1S/C20H34O/c1-15(11-14-21)7-9-17-16(2)8-10-18-19(3,4)12-6-13-20(17,18)5/h8,11,17-18,21H,6-7,9-10,12-14H2,1-5H3/b15-11+/t17?,18?,20-/m1/s1. The predicted molar refractivity (Wildman–Crippen MR) is 91.2 cm³/mol. The quantitative estimate of drug-likeness (QED) is 0.677. The van der Waals surface area contributed by atoms with Crippen LogP contribution in [0, 0.1) is 22.7 Å². The molecule has 1 heteroatoms. The summed E-state index contributed by atoms with van der Waals surface area (Å²) in [5.74, 6) is 1.55. The molecular formula is C20H34O. The van der Waals surface area contributed by atoms with Crippen molar-refractivity contribution < 1.29 is 5.11 Å².